The number of aliphatic carboxylic acids is 1. The van der Waals surface area contributed by atoms with Crippen LogP contribution < -0.4 is 10.1 Å². The SMILES string of the molecule is O=C(O)COCC1CCC(COC(=O)Nc2cccc(OC(F)(F)F)c2-c2cccc(F)c2)CC1. The molecule has 0 saturated heterocycles. The summed E-state index contributed by atoms with van der Waals surface area (Å²) in [4.78, 5) is 22.9. The van der Waals surface area contributed by atoms with Gasteiger partial charge in [0.2, 0.25) is 0 Å². The first kappa shape index (κ1) is 26.3. The van der Waals surface area contributed by atoms with Gasteiger partial charge in [-0.2, -0.15) is 0 Å². The Morgan fingerprint density at radius 2 is 1.66 bits per heavy atom. The van der Waals surface area contributed by atoms with Crippen molar-refractivity contribution in [2.24, 2.45) is 11.8 Å². The molecule has 7 nitrogen and oxygen atoms in total. The summed E-state index contributed by atoms with van der Waals surface area (Å²) in [5.74, 6) is -1.94. The number of halogens is 4. The summed E-state index contributed by atoms with van der Waals surface area (Å²) in [6, 6.07) is 8.62. The Kier molecular flexibility index (Phi) is 8.91. The number of carbonyl (C=O) groups is 2. The molecule has 0 aromatic heterocycles. The Labute approximate surface area is 199 Å². The van der Waals surface area contributed by atoms with Gasteiger partial charge in [0.1, 0.15) is 18.2 Å². The minimum atomic E-state index is -4.99. The number of nitrogens with one attached hydrogen (secondary N) is 1. The number of anilines is 1. The second-order valence-electron chi connectivity index (χ2n) is 8.26. The highest BCUT2D eigenvalue weighted by Crippen LogP contribution is 2.39. The smallest absolute Gasteiger partial charge is 0.480 e. The van der Waals surface area contributed by atoms with E-state index in [4.69, 9.17) is 14.6 Å². The molecule has 0 bridgehead atoms. The molecule has 35 heavy (non-hydrogen) atoms. The lowest BCUT2D eigenvalue weighted by molar-refractivity contribution is -0.274. The summed E-state index contributed by atoms with van der Waals surface area (Å²) in [7, 11) is 0. The van der Waals surface area contributed by atoms with Crippen molar-refractivity contribution < 1.29 is 46.5 Å². The molecule has 2 N–H and O–H groups in total. The third-order valence-corrected chi connectivity index (χ3v) is 5.60. The average Bonchev–Trinajstić information content (AvgIpc) is 2.77. The molecule has 2 aromatic rings. The standard InChI is InChI=1S/C24H25F4NO6/c25-18-4-1-3-17(11-18)22-19(5-2-6-20(22)35-24(26,27)28)29-23(32)34-13-16-9-7-15(8-10-16)12-33-14-21(30)31/h1-6,11,15-16H,7-10,12-14H2,(H,29,32)(H,30,31). The molecular weight excluding hydrogens is 474 g/mol. The second-order valence-corrected chi connectivity index (χ2v) is 8.26. The molecule has 1 fully saturated rings. The number of rotatable bonds is 9. The molecular formula is C24H25F4NO6. The molecule has 0 unspecified atom stereocenters. The molecule has 3 rings (SSSR count). The first-order valence-corrected chi connectivity index (χ1v) is 11.0. The number of amides is 1. The summed E-state index contributed by atoms with van der Waals surface area (Å²) < 4.78 is 67.1. The number of hydrogen-bond acceptors (Lipinski definition) is 5. The molecule has 0 atom stereocenters. The van der Waals surface area contributed by atoms with Gasteiger partial charge in [-0.05, 0) is 67.3 Å². The second kappa shape index (κ2) is 11.9. The third kappa shape index (κ3) is 8.43. The minimum absolute atomic E-state index is 0.0263. The van der Waals surface area contributed by atoms with E-state index < -0.39 is 30.0 Å². The summed E-state index contributed by atoms with van der Waals surface area (Å²) in [6.45, 7) is 0.137. The number of hydrogen-bond donors (Lipinski definition) is 2. The van der Waals surface area contributed by atoms with Crippen LogP contribution in [-0.2, 0) is 14.3 Å². The quantitative estimate of drug-likeness (QED) is 0.421. The van der Waals surface area contributed by atoms with Crippen molar-refractivity contribution in [1.82, 2.24) is 0 Å². The van der Waals surface area contributed by atoms with Crippen molar-refractivity contribution in [3.8, 4) is 16.9 Å². The monoisotopic (exact) mass is 499 g/mol. The lowest BCUT2D eigenvalue weighted by Gasteiger charge is -2.27. The van der Waals surface area contributed by atoms with E-state index in [2.05, 4.69) is 10.1 Å². The lowest BCUT2D eigenvalue weighted by Crippen LogP contribution is -2.25. The van der Waals surface area contributed by atoms with E-state index >= 15 is 0 Å². The van der Waals surface area contributed by atoms with Gasteiger partial charge in [0.15, 0.2) is 0 Å². The number of carboxylic acids is 1. The van der Waals surface area contributed by atoms with Crippen molar-refractivity contribution in [3.63, 3.8) is 0 Å². The van der Waals surface area contributed by atoms with Gasteiger partial charge in [-0.25, -0.2) is 14.0 Å². The van der Waals surface area contributed by atoms with Crippen LogP contribution in [0.2, 0.25) is 0 Å². The van der Waals surface area contributed by atoms with Crippen LogP contribution in [0.1, 0.15) is 25.7 Å². The van der Waals surface area contributed by atoms with Crippen LogP contribution in [0.25, 0.3) is 11.1 Å². The summed E-state index contributed by atoms with van der Waals surface area (Å²) in [6.07, 6.45) is -2.72. The van der Waals surface area contributed by atoms with E-state index in [0.29, 0.717) is 6.61 Å². The van der Waals surface area contributed by atoms with Crippen LogP contribution in [0.5, 0.6) is 5.75 Å². The Balaban J connectivity index is 1.61. The molecule has 1 saturated carbocycles. The summed E-state index contributed by atoms with van der Waals surface area (Å²) in [5, 5.41) is 11.1. The molecule has 0 aliphatic heterocycles. The molecule has 2 aromatic carbocycles. The molecule has 1 aliphatic rings. The van der Waals surface area contributed by atoms with Crippen LogP contribution in [0.3, 0.4) is 0 Å². The summed E-state index contributed by atoms with van der Waals surface area (Å²) >= 11 is 0. The van der Waals surface area contributed by atoms with Gasteiger partial charge in [-0.15, -0.1) is 13.2 Å². The van der Waals surface area contributed by atoms with E-state index in [1.165, 1.54) is 24.3 Å². The van der Waals surface area contributed by atoms with E-state index in [-0.39, 0.29) is 41.9 Å². The zero-order valence-corrected chi connectivity index (χ0v) is 18.6. The molecule has 0 heterocycles. The molecule has 0 radical (unpaired) electrons. The fourth-order valence-corrected chi connectivity index (χ4v) is 4.00. The first-order chi connectivity index (χ1) is 16.6. The van der Waals surface area contributed by atoms with E-state index in [1.54, 1.807) is 0 Å². The topological polar surface area (TPSA) is 94.1 Å². The van der Waals surface area contributed by atoms with Gasteiger partial charge in [0.25, 0.3) is 0 Å². The Morgan fingerprint density at radius 3 is 2.29 bits per heavy atom. The van der Waals surface area contributed by atoms with E-state index in [9.17, 15) is 27.2 Å². The van der Waals surface area contributed by atoms with Crippen molar-refractivity contribution >= 4 is 17.7 Å². The molecule has 0 spiro atoms. The predicted octanol–water partition coefficient (Wildman–Crippen LogP) is 5.85. The van der Waals surface area contributed by atoms with Gasteiger partial charge in [-0.3, -0.25) is 5.32 Å². The maximum atomic E-state index is 13.8. The number of carbonyl (C=O) groups excluding carboxylic acids is 1. The zero-order chi connectivity index (χ0) is 25.4. The highest BCUT2D eigenvalue weighted by molar-refractivity contribution is 5.93. The third-order valence-electron chi connectivity index (χ3n) is 5.60. The van der Waals surface area contributed by atoms with Crippen LogP contribution in [0.4, 0.5) is 28.0 Å². The number of alkyl halides is 3. The fraction of sp³-hybridized carbons (Fsp3) is 0.417. The van der Waals surface area contributed by atoms with Gasteiger partial charge in [0, 0.05) is 5.56 Å². The van der Waals surface area contributed by atoms with E-state index in [1.807, 2.05) is 0 Å². The highest BCUT2D eigenvalue weighted by Gasteiger charge is 2.33. The maximum absolute atomic E-state index is 13.8. The lowest BCUT2D eigenvalue weighted by atomic mass is 9.83. The first-order valence-electron chi connectivity index (χ1n) is 11.0. The highest BCUT2D eigenvalue weighted by atomic mass is 19.4. The minimum Gasteiger partial charge on any atom is -0.480 e. The Morgan fingerprint density at radius 1 is 1.00 bits per heavy atom. The normalized spacial score (nSPS) is 18.1. The van der Waals surface area contributed by atoms with Gasteiger partial charge in [0.05, 0.1) is 18.9 Å². The number of benzene rings is 2. The average molecular weight is 499 g/mol. The summed E-state index contributed by atoms with van der Waals surface area (Å²) in [5.41, 5.74) is -0.0756. The Hall–Kier alpha value is -3.34. The van der Waals surface area contributed by atoms with E-state index in [0.717, 1.165) is 43.9 Å². The van der Waals surface area contributed by atoms with Crippen LogP contribution in [-0.4, -0.2) is 43.4 Å². The molecule has 11 heteroatoms. The fourth-order valence-electron chi connectivity index (χ4n) is 4.00. The zero-order valence-electron chi connectivity index (χ0n) is 18.6. The number of ether oxygens (including phenoxy) is 3. The van der Waals surface area contributed by atoms with Crippen molar-refractivity contribution in [2.45, 2.75) is 32.0 Å². The predicted molar refractivity (Wildman–Crippen MR) is 117 cm³/mol. The molecule has 190 valence electrons. The van der Waals surface area contributed by atoms with Gasteiger partial charge >= 0.3 is 18.4 Å². The number of carboxylic acid groups (broad SMARTS) is 1. The van der Waals surface area contributed by atoms with Crippen LogP contribution in [0, 0.1) is 17.7 Å². The van der Waals surface area contributed by atoms with Gasteiger partial charge < -0.3 is 19.3 Å². The van der Waals surface area contributed by atoms with Crippen LogP contribution in [0.15, 0.2) is 42.5 Å². The Bertz CT molecular complexity index is 1020. The van der Waals surface area contributed by atoms with Crippen LogP contribution >= 0.6 is 0 Å². The largest absolute Gasteiger partial charge is 0.573 e. The molecule has 1 aliphatic carbocycles. The van der Waals surface area contributed by atoms with Crippen molar-refractivity contribution in [2.75, 3.05) is 25.1 Å². The van der Waals surface area contributed by atoms with Crippen molar-refractivity contribution in [1.29, 1.82) is 0 Å². The maximum Gasteiger partial charge on any atom is 0.573 e. The van der Waals surface area contributed by atoms with Gasteiger partial charge in [-0.1, -0.05) is 18.2 Å². The van der Waals surface area contributed by atoms with Crippen molar-refractivity contribution in [3.05, 3.63) is 48.3 Å². The molecule has 1 amide bonds.